The second-order valence-corrected chi connectivity index (χ2v) is 8.14. The highest BCUT2D eigenvalue weighted by Gasteiger charge is 2.31. The van der Waals surface area contributed by atoms with Crippen LogP contribution in [0.15, 0.2) is 18.2 Å². The number of hydrogen-bond donors (Lipinski definition) is 1. The summed E-state index contributed by atoms with van der Waals surface area (Å²) in [4.78, 5) is 34.4. The summed E-state index contributed by atoms with van der Waals surface area (Å²) in [5, 5.41) is 13.4. The summed E-state index contributed by atoms with van der Waals surface area (Å²) in [7, 11) is -3.14. The van der Waals surface area contributed by atoms with E-state index in [1.54, 1.807) is 6.92 Å². The molecule has 25 heavy (non-hydrogen) atoms. The van der Waals surface area contributed by atoms with Gasteiger partial charge >= 0.3 is 5.97 Å². The van der Waals surface area contributed by atoms with E-state index < -0.39 is 38.8 Å². The zero-order valence-corrected chi connectivity index (χ0v) is 14.5. The first-order valence-corrected chi connectivity index (χ1v) is 9.38. The van der Waals surface area contributed by atoms with Crippen LogP contribution in [0.5, 0.6) is 0 Å². The summed E-state index contributed by atoms with van der Waals surface area (Å²) in [5.41, 5.74) is 0.137. The van der Waals surface area contributed by atoms with E-state index in [-0.39, 0.29) is 22.8 Å². The van der Waals surface area contributed by atoms with E-state index in [9.17, 15) is 28.1 Å². The predicted octanol–water partition coefficient (Wildman–Crippen LogP) is 0.752. The average molecular weight is 370 g/mol. The molecule has 2 rings (SSSR count). The van der Waals surface area contributed by atoms with Gasteiger partial charge in [0, 0.05) is 17.7 Å². The van der Waals surface area contributed by atoms with Gasteiger partial charge in [-0.1, -0.05) is 6.07 Å². The van der Waals surface area contributed by atoms with Gasteiger partial charge in [0.1, 0.15) is 0 Å². The number of aryl methyl sites for hydroxylation is 1. The minimum absolute atomic E-state index is 0.0130. The molecule has 1 saturated heterocycles. The summed E-state index contributed by atoms with van der Waals surface area (Å²) in [6, 6.07) is 3.38. The normalized spacial score (nSPS) is 19.8. The lowest BCUT2D eigenvalue weighted by Gasteiger charge is -2.16. The molecule has 1 aromatic rings. The standard InChI is InChI=1S/C15H18N2O7S/c1-9-3-4-11(7-13(9)17(20)21)15(19)24-10(2)14(18)16-12-5-6-25(22,23)8-12/h3-4,7,10,12H,5-6,8H2,1-2H3,(H,16,18)/t10-,12-/m0/s1. The molecular formula is C15H18N2O7S. The number of nitrogens with one attached hydrogen (secondary N) is 1. The van der Waals surface area contributed by atoms with Crippen LogP contribution in [0.1, 0.15) is 29.3 Å². The van der Waals surface area contributed by atoms with Crippen molar-refractivity contribution in [1.82, 2.24) is 5.32 Å². The van der Waals surface area contributed by atoms with Crippen molar-refractivity contribution in [3.05, 3.63) is 39.4 Å². The van der Waals surface area contributed by atoms with Crippen molar-refractivity contribution in [1.29, 1.82) is 0 Å². The Morgan fingerprint density at radius 3 is 2.64 bits per heavy atom. The molecule has 1 heterocycles. The quantitative estimate of drug-likeness (QED) is 0.459. The fourth-order valence-corrected chi connectivity index (χ4v) is 4.12. The molecule has 1 aliphatic rings. The van der Waals surface area contributed by atoms with Crippen LogP contribution in [0, 0.1) is 17.0 Å². The number of nitrogens with zero attached hydrogens (tertiary/aromatic N) is 1. The van der Waals surface area contributed by atoms with Gasteiger partial charge in [-0.05, 0) is 26.3 Å². The lowest BCUT2D eigenvalue weighted by molar-refractivity contribution is -0.385. The molecule has 1 fully saturated rings. The molecule has 1 aliphatic heterocycles. The first kappa shape index (κ1) is 18.8. The van der Waals surface area contributed by atoms with Gasteiger partial charge in [0.25, 0.3) is 11.6 Å². The van der Waals surface area contributed by atoms with Crippen molar-refractivity contribution >= 4 is 27.4 Å². The molecule has 1 amide bonds. The van der Waals surface area contributed by atoms with Crippen LogP contribution in [0.4, 0.5) is 5.69 Å². The number of rotatable bonds is 5. The topological polar surface area (TPSA) is 133 Å². The van der Waals surface area contributed by atoms with Crippen molar-refractivity contribution in [3.8, 4) is 0 Å². The Kier molecular flexibility index (Phi) is 5.41. The molecule has 0 bridgehead atoms. The maximum Gasteiger partial charge on any atom is 0.339 e. The summed E-state index contributed by atoms with van der Waals surface area (Å²) in [5.74, 6) is -1.61. The van der Waals surface area contributed by atoms with Crippen LogP contribution in [0.25, 0.3) is 0 Å². The highest BCUT2D eigenvalue weighted by Crippen LogP contribution is 2.20. The smallest absolute Gasteiger partial charge is 0.339 e. The van der Waals surface area contributed by atoms with E-state index in [0.717, 1.165) is 6.07 Å². The van der Waals surface area contributed by atoms with Crippen LogP contribution in [-0.4, -0.2) is 48.9 Å². The molecule has 0 aliphatic carbocycles. The Balaban J connectivity index is 1.99. The van der Waals surface area contributed by atoms with Gasteiger partial charge in [-0.25, -0.2) is 13.2 Å². The Hall–Kier alpha value is -2.49. The summed E-state index contributed by atoms with van der Waals surface area (Å²) in [6.45, 7) is 2.89. The van der Waals surface area contributed by atoms with Crippen molar-refractivity contribution in [2.45, 2.75) is 32.4 Å². The van der Waals surface area contributed by atoms with E-state index in [4.69, 9.17) is 4.74 Å². The first-order chi connectivity index (χ1) is 11.6. The Labute approximate surface area is 144 Å². The number of sulfone groups is 1. The summed E-state index contributed by atoms with van der Waals surface area (Å²) in [6.07, 6.45) is -0.838. The molecule has 0 unspecified atom stereocenters. The minimum atomic E-state index is -3.14. The highest BCUT2D eigenvalue weighted by molar-refractivity contribution is 7.91. The molecule has 1 aromatic carbocycles. The monoisotopic (exact) mass is 370 g/mol. The molecule has 0 saturated carbocycles. The Morgan fingerprint density at radius 2 is 2.08 bits per heavy atom. The third-order valence-electron chi connectivity index (χ3n) is 3.87. The van der Waals surface area contributed by atoms with Gasteiger partial charge in [0.2, 0.25) is 0 Å². The second-order valence-electron chi connectivity index (χ2n) is 5.91. The van der Waals surface area contributed by atoms with Crippen molar-refractivity contribution in [2.24, 2.45) is 0 Å². The molecule has 1 N–H and O–H groups in total. The van der Waals surface area contributed by atoms with Crippen LogP contribution < -0.4 is 5.32 Å². The molecule has 2 atom stereocenters. The third kappa shape index (κ3) is 4.75. The SMILES string of the molecule is Cc1ccc(C(=O)O[C@@H](C)C(=O)N[C@H]2CCS(=O)(=O)C2)cc1[N+](=O)[O-]. The molecule has 10 heteroatoms. The third-order valence-corrected chi connectivity index (χ3v) is 5.64. The predicted molar refractivity (Wildman–Crippen MR) is 87.9 cm³/mol. The number of esters is 1. The number of hydrogen-bond acceptors (Lipinski definition) is 7. The number of nitro groups is 1. The second kappa shape index (κ2) is 7.18. The molecule has 136 valence electrons. The lowest BCUT2D eigenvalue weighted by Crippen LogP contribution is -2.42. The zero-order valence-electron chi connectivity index (χ0n) is 13.7. The van der Waals surface area contributed by atoms with Gasteiger partial charge in [-0.2, -0.15) is 0 Å². The fourth-order valence-electron chi connectivity index (χ4n) is 2.44. The largest absolute Gasteiger partial charge is 0.449 e. The van der Waals surface area contributed by atoms with Crippen LogP contribution >= 0.6 is 0 Å². The molecular weight excluding hydrogens is 352 g/mol. The Morgan fingerprint density at radius 1 is 1.40 bits per heavy atom. The van der Waals surface area contributed by atoms with Gasteiger partial charge in [-0.15, -0.1) is 0 Å². The summed E-state index contributed by atoms with van der Waals surface area (Å²) >= 11 is 0. The first-order valence-electron chi connectivity index (χ1n) is 7.56. The maximum atomic E-state index is 12.1. The van der Waals surface area contributed by atoms with Crippen LogP contribution in [0.2, 0.25) is 0 Å². The molecule has 9 nitrogen and oxygen atoms in total. The van der Waals surface area contributed by atoms with Crippen molar-refractivity contribution < 1.29 is 27.7 Å². The van der Waals surface area contributed by atoms with Crippen molar-refractivity contribution in [2.75, 3.05) is 11.5 Å². The number of carbonyl (C=O) groups is 2. The van der Waals surface area contributed by atoms with E-state index in [1.165, 1.54) is 19.1 Å². The highest BCUT2D eigenvalue weighted by atomic mass is 32.2. The maximum absolute atomic E-state index is 12.1. The van der Waals surface area contributed by atoms with Gasteiger partial charge in [0.15, 0.2) is 15.9 Å². The van der Waals surface area contributed by atoms with E-state index in [2.05, 4.69) is 5.32 Å². The lowest BCUT2D eigenvalue weighted by atomic mass is 10.1. The molecule has 0 aromatic heterocycles. The zero-order chi connectivity index (χ0) is 18.8. The number of ether oxygens (including phenoxy) is 1. The number of carbonyl (C=O) groups excluding carboxylic acids is 2. The molecule has 0 spiro atoms. The van der Waals surface area contributed by atoms with Crippen LogP contribution in [-0.2, 0) is 19.4 Å². The van der Waals surface area contributed by atoms with Crippen molar-refractivity contribution in [3.63, 3.8) is 0 Å². The number of nitro benzene ring substituents is 1. The average Bonchev–Trinajstić information content (AvgIpc) is 2.85. The number of benzene rings is 1. The Bertz CT molecular complexity index is 819. The minimum Gasteiger partial charge on any atom is -0.449 e. The van der Waals surface area contributed by atoms with Crippen LogP contribution in [0.3, 0.4) is 0 Å². The van der Waals surface area contributed by atoms with Gasteiger partial charge in [0.05, 0.1) is 22.0 Å². The van der Waals surface area contributed by atoms with Gasteiger partial charge in [-0.3, -0.25) is 14.9 Å². The number of amides is 1. The molecule has 0 radical (unpaired) electrons. The summed E-state index contributed by atoms with van der Waals surface area (Å²) < 4.78 is 27.8. The van der Waals surface area contributed by atoms with E-state index >= 15 is 0 Å². The van der Waals surface area contributed by atoms with Gasteiger partial charge < -0.3 is 10.1 Å². The van der Waals surface area contributed by atoms with E-state index in [0.29, 0.717) is 12.0 Å². The van der Waals surface area contributed by atoms with E-state index in [1.807, 2.05) is 0 Å². The fraction of sp³-hybridized carbons (Fsp3) is 0.467.